The number of hydrogen-bond donors (Lipinski definition) is 1. The van der Waals surface area contributed by atoms with E-state index in [0.29, 0.717) is 19.4 Å². The summed E-state index contributed by atoms with van der Waals surface area (Å²) in [6.07, 6.45) is 20.6. The molecule has 8 heteroatoms. The normalized spacial score (nSPS) is 18.7. The Kier molecular flexibility index (Phi) is 16.2. The van der Waals surface area contributed by atoms with Crippen LogP contribution in [-0.4, -0.2) is 41.9 Å². The van der Waals surface area contributed by atoms with Crippen LogP contribution in [0, 0.1) is 0 Å². The standard InChI is InChI=1S/C46H60ClN3O3.HI/c1-6-7-33-53-43(52)26-11-9-17-32-50-39-24-15-13-22-37(39)46(4,5)41(50)30-28-35-20-18-19-34(44(35)47)27-29-40-45(2,3)36-21-12-14-23-38(36)49(40)31-16-8-10-25-42(48)51;/h12-15,21-24,27-30H,6-11,16-20,25-26,31-33H2,1-5H3,(H-,48,51);1H. The number of hydrogen-bond acceptors (Lipinski definition) is 4. The third kappa shape index (κ3) is 10.4. The number of halogens is 2. The molecule has 0 saturated carbocycles. The van der Waals surface area contributed by atoms with Gasteiger partial charge in [-0.3, -0.25) is 9.59 Å². The van der Waals surface area contributed by atoms with Gasteiger partial charge in [-0.1, -0.05) is 93.8 Å². The number of nitrogens with two attached hydrogens (primary N) is 1. The fourth-order valence-corrected chi connectivity index (χ4v) is 8.51. The van der Waals surface area contributed by atoms with Crippen LogP contribution in [0.2, 0.25) is 0 Å². The number of carbonyl (C=O) groups excluding carboxylic acids is 2. The Hall–Kier alpha value is -3.17. The number of amides is 1. The Balaban J connectivity index is 0.00000650. The maximum Gasteiger partial charge on any atom is 0.305 e. The topological polar surface area (TPSA) is 75.6 Å². The molecular weight excluding hydrogens is 805 g/mol. The van der Waals surface area contributed by atoms with Gasteiger partial charge in [0.2, 0.25) is 11.6 Å². The number of para-hydroxylation sites is 2. The second kappa shape index (κ2) is 20.1. The van der Waals surface area contributed by atoms with Crippen molar-refractivity contribution in [2.24, 2.45) is 5.73 Å². The molecule has 54 heavy (non-hydrogen) atoms. The van der Waals surface area contributed by atoms with Crippen LogP contribution in [0.15, 0.2) is 94.7 Å². The molecule has 2 aromatic carbocycles. The Morgan fingerprint density at radius 3 is 2.31 bits per heavy atom. The van der Waals surface area contributed by atoms with E-state index in [1.165, 1.54) is 45.1 Å². The molecule has 0 atom stereocenters. The number of esters is 1. The molecule has 0 fully saturated rings. The summed E-state index contributed by atoms with van der Waals surface area (Å²) < 4.78 is 7.82. The first kappa shape index (κ1) is 43.6. The lowest BCUT2D eigenvalue weighted by Gasteiger charge is -2.27. The molecular formula is C46H61ClIN3O3. The summed E-state index contributed by atoms with van der Waals surface area (Å²) >= 11 is 7.26. The van der Waals surface area contributed by atoms with Gasteiger partial charge < -0.3 is 39.3 Å². The smallest absolute Gasteiger partial charge is 0.305 e. The van der Waals surface area contributed by atoms with Crippen molar-refractivity contribution in [3.05, 3.63) is 106 Å². The number of rotatable bonds is 18. The van der Waals surface area contributed by atoms with Crippen molar-refractivity contribution in [2.75, 3.05) is 24.6 Å². The minimum atomic E-state index is -0.227. The maximum absolute atomic E-state index is 12.1. The fourth-order valence-electron chi connectivity index (χ4n) is 8.20. The zero-order valence-corrected chi connectivity index (χ0v) is 36.1. The first-order valence-corrected chi connectivity index (χ1v) is 20.4. The predicted molar refractivity (Wildman–Crippen MR) is 220 cm³/mol. The van der Waals surface area contributed by atoms with Gasteiger partial charge in [0.05, 0.1) is 12.0 Å². The van der Waals surface area contributed by atoms with Crippen LogP contribution < -0.4 is 34.6 Å². The first-order chi connectivity index (χ1) is 25.5. The van der Waals surface area contributed by atoms with Crippen LogP contribution in [0.1, 0.15) is 129 Å². The molecule has 2 heterocycles. The number of nitrogens with zero attached hydrogens (tertiary/aromatic N) is 2. The van der Waals surface area contributed by atoms with Gasteiger partial charge in [-0.15, -0.1) is 0 Å². The van der Waals surface area contributed by atoms with Crippen LogP contribution in [0.4, 0.5) is 11.4 Å². The molecule has 1 aliphatic carbocycles. The van der Waals surface area contributed by atoms with E-state index in [4.69, 9.17) is 22.1 Å². The summed E-state index contributed by atoms with van der Waals surface area (Å²) in [6.45, 7) is 13.7. The number of fused-ring (bicyclic) bond motifs is 2. The van der Waals surface area contributed by atoms with E-state index in [0.717, 1.165) is 88.8 Å². The molecule has 2 N–H and O–H groups in total. The Bertz CT molecular complexity index is 1800. The minimum Gasteiger partial charge on any atom is -1.00 e. The zero-order chi connectivity index (χ0) is 38.0. The first-order valence-electron chi connectivity index (χ1n) is 20.0. The molecule has 2 aliphatic heterocycles. The molecule has 0 spiro atoms. The molecule has 0 bridgehead atoms. The highest BCUT2D eigenvalue weighted by Crippen LogP contribution is 2.48. The molecule has 5 rings (SSSR count). The van der Waals surface area contributed by atoms with Gasteiger partial charge in [0.1, 0.15) is 6.54 Å². The molecule has 1 amide bonds. The average Bonchev–Trinajstić information content (AvgIpc) is 3.48. The highest BCUT2D eigenvalue weighted by atomic mass is 127. The highest BCUT2D eigenvalue weighted by molar-refractivity contribution is 6.32. The van der Waals surface area contributed by atoms with E-state index in [2.05, 4.69) is 117 Å². The van der Waals surface area contributed by atoms with Crippen molar-refractivity contribution in [2.45, 2.75) is 129 Å². The number of allylic oxidation sites excluding steroid dienone is 8. The quantitative estimate of drug-likeness (QED) is 0.0718. The van der Waals surface area contributed by atoms with Gasteiger partial charge in [0, 0.05) is 65.3 Å². The SMILES string of the molecule is CCCCOC(=O)CCCCCN1/C(=C/C=C2\CCCC(/C=C/C3=[N+](CCCCCC(N)=O)c4ccccc4C3(C)C)=C2Cl)C(C)(C)c2ccccc21.[I-]. The number of ether oxygens (including phenoxy) is 1. The summed E-state index contributed by atoms with van der Waals surface area (Å²) in [5.74, 6) is -0.305. The molecule has 292 valence electrons. The highest BCUT2D eigenvalue weighted by Gasteiger charge is 2.44. The number of unbranched alkanes of at least 4 members (excludes halogenated alkanes) is 5. The average molecular weight is 866 g/mol. The molecule has 0 unspecified atom stereocenters. The zero-order valence-electron chi connectivity index (χ0n) is 33.2. The van der Waals surface area contributed by atoms with Gasteiger partial charge in [-0.2, -0.15) is 4.58 Å². The summed E-state index contributed by atoms with van der Waals surface area (Å²) in [7, 11) is 0. The van der Waals surface area contributed by atoms with Gasteiger partial charge in [0.15, 0.2) is 5.71 Å². The van der Waals surface area contributed by atoms with Gasteiger partial charge in [-0.25, -0.2) is 0 Å². The van der Waals surface area contributed by atoms with Crippen molar-refractivity contribution in [3.63, 3.8) is 0 Å². The lowest BCUT2D eigenvalue weighted by atomic mass is 9.81. The third-order valence-corrected chi connectivity index (χ3v) is 11.8. The lowest BCUT2D eigenvalue weighted by molar-refractivity contribution is -0.438. The molecule has 6 nitrogen and oxygen atoms in total. The Morgan fingerprint density at radius 1 is 0.852 bits per heavy atom. The molecule has 3 aliphatic rings. The van der Waals surface area contributed by atoms with E-state index in [-0.39, 0.29) is 46.7 Å². The van der Waals surface area contributed by atoms with Crippen molar-refractivity contribution < 1.29 is 42.9 Å². The maximum atomic E-state index is 12.1. The number of primary amides is 1. The largest absolute Gasteiger partial charge is 1.00 e. The lowest BCUT2D eigenvalue weighted by Crippen LogP contribution is -3.00. The van der Waals surface area contributed by atoms with E-state index in [9.17, 15) is 9.59 Å². The second-order valence-corrected chi connectivity index (χ2v) is 16.3. The van der Waals surface area contributed by atoms with Crippen LogP contribution in [0.25, 0.3) is 0 Å². The van der Waals surface area contributed by atoms with E-state index >= 15 is 0 Å². The van der Waals surface area contributed by atoms with Crippen LogP contribution >= 0.6 is 11.6 Å². The minimum absolute atomic E-state index is 0. The summed E-state index contributed by atoms with van der Waals surface area (Å²) in [5.41, 5.74) is 15.2. The number of carbonyl (C=O) groups is 2. The fraction of sp³-hybridized carbons (Fsp3) is 0.500. The van der Waals surface area contributed by atoms with E-state index in [1.807, 2.05) is 0 Å². The van der Waals surface area contributed by atoms with Crippen LogP contribution in [0.5, 0.6) is 0 Å². The molecule has 0 radical (unpaired) electrons. The van der Waals surface area contributed by atoms with E-state index < -0.39 is 0 Å². The van der Waals surface area contributed by atoms with Crippen molar-refractivity contribution in [1.29, 1.82) is 0 Å². The summed E-state index contributed by atoms with van der Waals surface area (Å²) in [5, 5.41) is 0.863. The van der Waals surface area contributed by atoms with E-state index in [1.54, 1.807) is 0 Å². The van der Waals surface area contributed by atoms with Crippen LogP contribution in [0.3, 0.4) is 0 Å². The predicted octanol–water partition coefficient (Wildman–Crippen LogP) is 7.86. The summed E-state index contributed by atoms with van der Waals surface area (Å²) in [4.78, 5) is 25.9. The molecule has 0 saturated heterocycles. The van der Waals surface area contributed by atoms with Gasteiger partial charge >= 0.3 is 5.97 Å². The van der Waals surface area contributed by atoms with Crippen LogP contribution in [-0.2, 0) is 25.2 Å². The van der Waals surface area contributed by atoms with Crippen molar-refractivity contribution in [3.8, 4) is 0 Å². The molecule has 0 aromatic heterocycles. The number of anilines is 1. The summed E-state index contributed by atoms with van der Waals surface area (Å²) in [6, 6.07) is 17.5. The Morgan fingerprint density at radius 2 is 1.56 bits per heavy atom. The second-order valence-electron chi connectivity index (χ2n) is 15.9. The van der Waals surface area contributed by atoms with Crippen molar-refractivity contribution in [1.82, 2.24) is 0 Å². The van der Waals surface area contributed by atoms with Gasteiger partial charge in [-0.05, 0) is 94.1 Å². The Labute approximate surface area is 346 Å². The van der Waals surface area contributed by atoms with Gasteiger partial charge in [0.25, 0.3) is 0 Å². The number of benzene rings is 2. The molecule has 2 aromatic rings. The van der Waals surface area contributed by atoms with Crippen molar-refractivity contribution >= 4 is 40.6 Å². The monoisotopic (exact) mass is 865 g/mol. The third-order valence-electron chi connectivity index (χ3n) is 11.3.